The smallest absolute Gasteiger partial charge is 0.250 e. The number of likely N-dealkylation sites (tertiary alicyclic amines) is 1. The highest BCUT2D eigenvalue weighted by Gasteiger charge is 2.74. The van der Waals surface area contributed by atoms with Crippen molar-refractivity contribution in [2.75, 3.05) is 18.4 Å². The average molecular weight is 353 g/mol. The number of rotatable bonds is 3. The molecule has 1 aromatic carbocycles. The van der Waals surface area contributed by atoms with Crippen molar-refractivity contribution >= 4 is 23.4 Å². The molecule has 0 saturated carbocycles. The number of amides is 3. The van der Waals surface area contributed by atoms with Crippen molar-refractivity contribution < 1.29 is 14.4 Å². The summed E-state index contributed by atoms with van der Waals surface area (Å²) in [6.07, 6.45) is 3.57. The Morgan fingerprint density at radius 3 is 2.81 bits per heavy atom. The van der Waals surface area contributed by atoms with Gasteiger partial charge in [-0.05, 0) is 31.9 Å². The van der Waals surface area contributed by atoms with Crippen LogP contribution in [0.2, 0.25) is 0 Å². The number of imide groups is 1. The summed E-state index contributed by atoms with van der Waals surface area (Å²) in [6, 6.07) is 7.62. The van der Waals surface area contributed by atoms with Gasteiger partial charge < -0.3 is 5.32 Å². The largest absolute Gasteiger partial charge is 0.324 e. The lowest BCUT2D eigenvalue weighted by Crippen LogP contribution is -2.54. The van der Waals surface area contributed by atoms with E-state index in [0.717, 1.165) is 43.5 Å². The predicted octanol–water partition coefficient (Wildman–Crippen LogP) is 1.71. The summed E-state index contributed by atoms with van der Waals surface area (Å²) in [5.41, 5.74) is 0.620. The maximum atomic E-state index is 13.3. The fourth-order valence-corrected chi connectivity index (χ4v) is 5.76. The Kier molecular flexibility index (Phi) is 3.32. The van der Waals surface area contributed by atoms with Crippen LogP contribution >= 0.6 is 0 Å². The Hall–Kier alpha value is -2.21. The number of nitrogens with one attached hydrogen (secondary N) is 1. The van der Waals surface area contributed by atoms with Crippen molar-refractivity contribution in [1.29, 1.82) is 0 Å². The van der Waals surface area contributed by atoms with Crippen LogP contribution in [0.1, 0.15) is 38.2 Å². The van der Waals surface area contributed by atoms with Crippen molar-refractivity contribution in [2.24, 2.45) is 11.8 Å². The van der Waals surface area contributed by atoms with Crippen LogP contribution in [-0.2, 0) is 19.9 Å². The number of carbonyl (C=O) groups excluding carboxylic acids is 3. The maximum absolute atomic E-state index is 13.3. The molecule has 1 aromatic rings. The van der Waals surface area contributed by atoms with Gasteiger partial charge in [0.2, 0.25) is 17.7 Å². The molecule has 26 heavy (non-hydrogen) atoms. The van der Waals surface area contributed by atoms with Gasteiger partial charge in [-0.15, -0.1) is 0 Å². The zero-order valence-corrected chi connectivity index (χ0v) is 14.9. The van der Waals surface area contributed by atoms with Crippen LogP contribution in [0.15, 0.2) is 24.3 Å². The highest BCUT2D eigenvalue weighted by atomic mass is 16.2. The minimum absolute atomic E-state index is 0.0139. The minimum atomic E-state index is -1.02. The molecule has 3 amide bonds. The lowest BCUT2D eigenvalue weighted by atomic mass is 9.75. The van der Waals surface area contributed by atoms with Gasteiger partial charge in [-0.1, -0.05) is 31.5 Å². The first kappa shape index (κ1) is 16.0. The molecule has 6 heteroatoms. The fraction of sp³-hybridized carbons (Fsp3) is 0.550. The molecule has 136 valence electrons. The van der Waals surface area contributed by atoms with E-state index in [1.54, 1.807) is 0 Å². The molecule has 5 rings (SSSR count). The number of carbonyl (C=O) groups is 3. The summed E-state index contributed by atoms with van der Waals surface area (Å²) in [5, 5.41) is 2.99. The topological polar surface area (TPSA) is 69.7 Å². The van der Waals surface area contributed by atoms with Crippen molar-refractivity contribution in [3.63, 3.8) is 0 Å². The van der Waals surface area contributed by atoms with Crippen molar-refractivity contribution in [2.45, 2.75) is 44.2 Å². The van der Waals surface area contributed by atoms with E-state index >= 15 is 0 Å². The number of anilines is 1. The molecule has 0 radical (unpaired) electrons. The van der Waals surface area contributed by atoms with Crippen molar-refractivity contribution in [1.82, 2.24) is 9.80 Å². The van der Waals surface area contributed by atoms with Gasteiger partial charge in [0.05, 0.1) is 11.8 Å². The SMILES string of the molecule is CCCCN1C(=O)[C@@H]2C3CCCN3C3(C(=O)Nc4ccccc43)[C@@H]2C1=O. The number of hydrogen-bond donors (Lipinski definition) is 1. The predicted molar refractivity (Wildman–Crippen MR) is 95.1 cm³/mol. The van der Waals surface area contributed by atoms with Gasteiger partial charge in [-0.3, -0.25) is 24.2 Å². The molecule has 4 atom stereocenters. The second kappa shape index (κ2) is 5.39. The first-order valence-corrected chi connectivity index (χ1v) is 9.65. The van der Waals surface area contributed by atoms with Crippen LogP contribution in [0.3, 0.4) is 0 Å². The van der Waals surface area contributed by atoms with Gasteiger partial charge in [0.25, 0.3) is 0 Å². The molecule has 4 aliphatic rings. The van der Waals surface area contributed by atoms with E-state index in [1.807, 2.05) is 31.2 Å². The zero-order chi connectivity index (χ0) is 18.1. The van der Waals surface area contributed by atoms with Crippen molar-refractivity contribution in [3.05, 3.63) is 29.8 Å². The molecular formula is C20H23N3O3. The monoisotopic (exact) mass is 353 g/mol. The second-order valence-electron chi connectivity index (χ2n) is 7.85. The molecule has 0 aromatic heterocycles. The Morgan fingerprint density at radius 2 is 2.00 bits per heavy atom. The summed E-state index contributed by atoms with van der Waals surface area (Å²) < 4.78 is 0. The molecule has 1 N–H and O–H groups in total. The van der Waals surface area contributed by atoms with E-state index in [9.17, 15) is 14.4 Å². The normalized spacial score (nSPS) is 35.2. The van der Waals surface area contributed by atoms with Crippen LogP contribution in [0, 0.1) is 11.8 Å². The van der Waals surface area contributed by atoms with E-state index in [4.69, 9.17) is 0 Å². The number of fused-ring (bicyclic) bond motifs is 7. The highest BCUT2D eigenvalue weighted by molar-refractivity contribution is 6.15. The van der Waals surface area contributed by atoms with Crippen LogP contribution in [0.4, 0.5) is 5.69 Å². The molecular weight excluding hydrogens is 330 g/mol. The third-order valence-corrected chi connectivity index (χ3v) is 6.73. The molecule has 1 spiro atoms. The van der Waals surface area contributed by atoms with Crippen LogP contribution < -0.4 is 5.32 Å². The lowest BCUT2D eigenvalue weighted by Gasteiger charge is -2.36. The van der Waals surface area contributed by atoms with Gasteiger partial charge in [-0.2, -0.15) is 0 Å². The van der Waals surface area contributed by atoms with E-state index < -0.39 is 17.4 Å². The Labute approximate surface area is 152 Å². The third kappa shape index (κ3) is 1.68. The molecule has 3 fully saturated rings. The zero-order valence-electron chi connectivity index (χ0n) is 14.9. The average Bonchev–Trinajstić information content (AvgIpc) is 3.33. The standard InChI is InChI=1S/C20H23N3O3/c1-2-3-10-22-17(24)15-14-9-6-11-23(14)20(16(15)18(22)25)12-7-4-5-8-13(12)21-19(20)26/h4-5,7-8,14-16H,2-3,6,9-11H2,1H3,(H,21,26)/t14?,15-,16+,20?/m1/s1. The number of hydrogen-bond acceptors (Lipinski definition) is 4. The molecule has 0 aliphatic carbocycles. The molecule has 6 nitrogen and oxygen atoms in total. The number of nitrogens with zero attached hydrogens (tertiary/aromatic N) is 2. The quantitative estimate of drug-likeness (QED) is 0.840. The van der Waals surface area contributed by atoms with E-state index in [2.05, 4.69) is 10.2 Å². The first-order chi connectivity index (χ1) is 12.6. The Morgan fingerprint density at radius 1 is 1.19 bits per heavy atom. The summed E-state index contributed by atoms with van der Waals surface area (Å²) in [7, 11) is 0. The van der Waals surface area contributed by atoms with Crippen LogP contribution in [-0.4, -0.2) is 46.7 Å². The van der Waals surface area contributed by atoms with Gasteiger partial charge in [0, 0.05) is 23.8 Å². The molecule has 2 unspecified atom stereocenters. The number of para-hydroxylation sites is 1. The maximum Gasteiger partial charge on any atom is 0.250 e. The van der Waals surface area contributed by atoms with Crippen LogP contribution in [0.5, 0.6) is 0 Å². The third-order valence-electron chi connectivity index (χ3n) is 6.73. The lowest BCUT2D eigenvalue weighted by molar-refractivity contribution is -0.145. The minimum Gasteiger partial charge on any atom is -0.324 e. The van der Waals surface area contributed by atoms with Gasteiger partial charge >= 0.3 is 0 Å². The second-order valence-corrected chi connectivity index (χ2v) is 7.85. The molecule has 0 bridgehead atoms. The van der Waals surface area contributed by atoms with E-state index in [0.29, 0.717) is 6.54 Å². The Balaban J connectivity index is 1.68. The fourth-order valence-electron chi connectivity index (χ4n) is 5.76. The summed E-state index contributed by atoms with van der Waals surface area (Å²) in [5.74, 6) is -1.36. The van der Waals surface area contributed by atoms with Crippen LogP contribution in [0.25, 0.3) is 0 Å². The first-order valence-electron chi connectivity index (χ1n) is 9.65. The Bertz CT molecular complexity index is 822. The summed E-state index contributed by atoms with van der Waals surface area (Å²) in [6.45, 7) is 3.27. The molecule has 4 heterocycles. The molecule has 3 saturated heterocycles. The number of benzene rings is 1. The van der Waals surface area contributed by atoms with Gasteiger partial charge in [0.15, 0.2) is 0 Å². The van der Waals surface area contributed by atoms with Crippen molar-refractivity contribution in [3.8, 4) is 0 Å². The van der Waals surface area contributed by atoms with Gasteiger partial charge in [0.1, 0.15) is 5.54 Å². The summed E-state index contributed by atoms with van der Waals surface area (Å²) >= 11 is 0. The highest BCUT2D eigenvalue weighted by Crippen LogP contribution is 2.60. The number of unbranched alkanes of at least 4 members (excludes halogenated alkanes) is 1. The van der Waals surface area contributed by atoms with Gasteiger partial charge in [-0.25, -0.2) is 0 Å². The molecule has 4 aliphatic heterocycles. The summed E-state index contributed by atoms with van der Waals surface area (Å²) in [4.78, 5) is 43.4. The van der Waals surface area contributed by atoms with E-state index in [-0.39, 0.29) is 23.8 Å². The van der Waals surface area contributed by atoms with E-state index in [1.165, 1.54) is 4.90 Å².